The molecule has 2 rings (SSSR count). The van der Waals surface area contributed by atoms with Crippen LogP contribution in [0.5, 0.6) is 0 Å². The highest BCUT2D eigenvalue weighted by molar-refractivity contribution is 5.12. The Bertz CT molecular complexity index is 216. The van der Waals surface area contributed by atoms with Gasteiger partial charge in [-0.2, -0.15) is 0 Å². The van der Waals surface area contributed by atoms with Gasteiger partial charge in [-0.15, -0.1) is 0 Å². The van der Waals surface area contributed by atoms with Crippen LogP contribution in [-0.4, -0.2) is 12.6 Å². The lowest BCUT2D eigenvalue weighted by Crippen LogP contribution is -2.39. The van der Waals surface area contributed by atoms with Crippen LogP contribution in [0.25, 0.3) is 0 Å². The predicted molar refractivity (Wildman–Crippen MR) is 53.2 cm³/mol. The van der Waals surface area contributed by atoms with E-state index in [9.17, 15) is 0 Å². The molecule has 0 saturated heterocycles. The zero-order chi connectivity index (χ0) is 9.31. The van der Waals surface area contributed by atoms with Crippen LogP contribution in [0.1, 0.15) is 39.0 Å². The van der Waals surface area contributed by atoms with Crippen molar-refractivity contribution in [2.24, 2.45) is 11.1 Å². The summed E-state index contributed by atoms with van der Waals surface area (Å²) in [6.45, 7) is 3.13. The van der Waals surface area contributed by atoms with Gasteiger partial charge >= 0.3 is 0 Å². The van der Waals surface area contributed by atoms with Crippen molar-refractivity contribution in [1.29, 1.82) is 0 Å². The lowest BCUT2D eigenvalue weighted by atomic mass is 9.80. The van der Waals surface area contributed by atoms with Gasteiger partial charge in [0.2, 0.25) is 0 Å². The minimum Gasteiger partial charge on any atom is -0.496 e. The summed E-state index contributed by atoms with van der Waals surface area (Å²) in [4.78, 5) is 0. The Morgan fingerprint density at radius 1 is 1.46 bits per heavy atom. The summed E-state index contributed by atoms with van der Waals surface area (Å²) in [7, 11) is 0. The van der Waals surface area contributed by atoms with E-state index in [4.69, 9.17) is 10.5 Å². The SMILES string of the molecule is CC1(C(N)C2=CCCO2)CCCC1. The van der Waals surface area contributed by atoms with Crippen LogP contribution in [0.2, 0.25) is 0 Å². The topological polar surface area (TPSA) is 35.2 Å². The van der Waals surface area contributed by atoms with Gasteiger partial charge in [-0.25, -0.2) is 0 Å². The highest BCUT2D eigenvalue weighted by atomic mass is 16.5. The molecular weight excluding hydrogens is 162 g/mol. The van der Waals surface area contributed by atoms with Crippen LogP contribution in [0.15, 0.2) is 11.8 Å². The van der Waals surface area contributed by atoms with Crippen molar-refractivity contribution in [3.8, 4) is 0 Å². The van der Waals surface area contributed by atoms with E-state index in [0.29, 0.717) is 5.41 Å². The molecule has 13 heavy (non-hydrogen) atoms. The van der Waals surface area contributed by atoms with Crippen LogP contribution in [-0.2, 0) is 4.74 Å². The highest BCUT2D eigenvalue weighted by Gasteiger charge is 2.38. The molecule has 2 N–H and O–H groups in total. The summed E-state index contributed by atoms with van der Waals surface area (Å²) in [6.07, 6.45) is 8.38. The molecule has 1 aliphatic carbocycles. The fourth-order valence-corrected chi connectivity index (χ4v) is 2.49. The van der Waals surface area contributed by atoms with E-state index in [2.05, 4.69) is 13.0 Å². The average molecular weight is 181 g/mol. The molecule has 74 valence electrons. The van der Waals surface area contributed by atoms with Crippen LogP contribution in [0.3, 0.4) is 0 Å². The van der Waals surface area contributed by atoms with Crippen LogP contribution in [0.4, 0.5) is 0 Å². The molecule has 1 unspecified atom stereocenters. The maximum absolute atomic E-state index is 6.23. The van der Waals surface area contributed by atoms with Gasteiger partial charge in [0.15, 0.2) is 0 Å². The van der Waals surface area contributed by atoms with E-state index in [1.54, 1.807) is 0 Å². The van der Waals surface area contributed by atoms with Gasteiger partial charge in [-0.1, -0.05) is 19.8 Å². The first-order chi connectivity index (χ1) is 6.22. The van der Waals surface area contributed by atoms with Gasteiger partial charge in [-0.3, -0.25) is 0 Å². The summed E-state index contributed by atoms with van der Waals surface area (Å²) in [6, 6.07) is 0.137. The molecule has 2 heteroatoms. The zero-order valence-corrected chi connectivity index (χ0v) is 8.38. The maximum Gasteiger partial charge on any atom is 0.109 e. The molecule has 1 heterocycles. The van der Waals surface area contributed by atoms with Crippen LogP contribution >= 0.6 is 0 Å². The normalized spacial score (nSPS) is 28.3. The van der Waals surface area contributed by atoms with E-state index >= 15 is 0 Å². The Morgan fingerprint density at radius 2 is 2.15 bits per heavy atom. The Kier molecular flexibility index (Phi) is 2.33. The van der Waals surface area contributed by atoms with Crippen molar-refractivity contribution in [2.75, 3.05) is 6.61 Å². The Hall–Kier alpha value is -0.500. The molecule has 0 spiro atoms. The molecule has 0 aromatic rings. The van der Waals surface area contributed by atoms with E-state index in [1.807, 2.05) is 0 Å². The van der Waals surface area contributed by atoms with Crippen molar-refractivity contribution < 1.29 is 4.74 Å². The molecule has 0 aromatic heterocycles. The lowest BCUT2D eigenvalue weighted by Gasteiger charge is -2.31. The van der Waals surface area contributed by atoms with Gasteiger partial charge in [0, 0.05) is 6.42 Å². The lowest BCUT2D eigenvalue weighted by molar-refractivity contribution is 0.171. The molecule has 1 aliphatic heterocycles. The van der Waals surface area contributed by atoms with Gasteiger partial charge in [0.1, 0.15) is 5.76 Å². The van der Waals surface area contributed by atoms with Gasteiger partial charge < -0.3 is 10.5 Å². The Morgan fingerprint density at radius 3 is 2.69 bits per heavy atom. The van der Waals surface area contributed by atoms with Crippen molar-refractivity contribution in [2.45, 2.75) is 45.1 Å². The van der Waals surface area contributed by atoms with Crippen molar-refractivity contribution in [3.63, 3.8) is 0 Å². The molecule has 1 saturated carbocycles. The van der Waals surface area contributed by atoms with Crippen molar-refractivity contribution in [3.05, 3.63) is 11.8 Å². The monoisotopic (exact) mass is 181 g/mol. The average Bonchev–Trinajstić information content (AvgIpc) is 2.73. The fraction of sp³-hybridized carbons (Fsp3) is 0.818. The standard InChI is InChI=1S/C11H19NO/c1-11(6-2-3-7-11)10(12)9-5-4-8-13-9/h5,10H,2-4,6-8,12H2,1H3. The van der Waals surface area contributed by atoms with E-state index in [0.717, 1.165) is 18.8 Å². The third-order valence-electron chi connectivity index (χ3n) is 3.54. The summed E-state index contributed by atoms with van der Waals surface area (Å²) in [5.41, 5.74) is 6.53. The smallest absolute Gasteiger partial charge is 0.109 e. The van der Waals surface area contributed by atoms with E-state index in [-0.39, 0.29) is 6.04 Å². The summed E-state index contributed by atoms with van der Waals surface area (Å²) >= 11 is 0. The molecule has 2 nitrogen and oxygen atoms in total. The summed E-state index contributed by atoms with van der Waals surface area (Å²) < 4.78 is 5.53. The molecular formula is C11H19NO. The fourth-order valence-electron chi connectivity index (χ4n) is 2.49. The first kappa shape index (κ1) is 9.07. The van der Waals surface area contributed by atoms with Crippen LogP contribution < -0.4 is 5.73 Å². The summed E-state index contributed by atoms with van der Waals surface area (Å²) in [5, 5.41) is 0. The van der Waals surface area contributed by atoms with Gasteiger partial charge in [0.25, 0.3) is 0 Å². The molecule has 0 radical (unpaired) electrons. The maximum atomic E-state index is 6.23. The first-order valence-corrected chi connectivity index (χ1v) is 5.31. The third-order valence-corrected chi connectivity index (χ3v) is 3.54. The van der Waals surface area contributed by atoms with Crippen molar-refractivity contribution in [1.82, 2.24) is 0 Å². The number of rotatable bonds is 2. The predicted octanol–water partition coefficient (Wildman–Crippen LogP) is 2.20. The van der Waals surface area contributed by atoms with E-state index < -0.39 is 0 Å². The quantitative estimate of drug-likeness (QED) is 0.708. The second-order valence-corrected chi connectivity index (χ2v) is 4.58. The third kappa shape index (κ3) is 1.60. The zero-order valence-electron chi connectivity index (χ0n) is 8.38. The molecule has 1 fully saturated rings. The van der Waals surface area contributed by atoms with E-state index in [1.165, 1.54) is 25.7 Å². The first-order valence-electron chi connectivity index (χ1n) is 5.31. The van der Waals surface area contributed by atoms with Gasteiger partial charge in [-0.05, 0) is 24.3 Å². The number of hydrogen-bond donors (Lipinski definition) is 1. The minimum absolute atomic E-state index is 0.137. The van der Waals surface area contributed by atoms with Crippen molar-refractivity contribution >= 4 is 0 Å². The summed E-state index contributed by atoms with van der Waals surface area (Å²) in [5.74, 6) is 1.05. The molecule has 0 aromatic carbocycles. The second-order valence-electron chi connectivity index (χ2n) is 4.58. The Balaban J connectivity index is 2.06. The molecule has 1 atom stereocenters. The minimum atomic E-state index is 0.137. The largest absolute Gasteiger partial charge is 0.496 e. The second kappa shape index (κ2) is 3.33. The van der Waals surface area contributed by atoms with Crippen LogP contribution in [0, 0.1) is 5.41 Å². The number of hydrogen-bond acceptors (Lipinski definition) is 2. The number of ether oxygens (including phenoxy) is 1. The van der Waals surface area contributed by atoms with Gasteiger partial charge in [0.05, 0.1) is 12.6 Å². The molecule has 2 aliphatic rings. The Labute approximate surface area is 80.1 Å². The molecule has 0 amide bonds. The number of nitrogens with two attached hydrogens (primary N) is 1. The molecule has 0 bridgehead atoms. The highest BCUT2D eigenvalue weighted by Crippen LogP contribution is 2.42.